The fourth-order valence-electron chi connectivity index (χ4n) is 4.52. The van der Waals surface area contributed by atoms with Crippen molar-refractivity contribution >= 4 is 39.6 Å². The van der Waals surface area contributed by atoms with E-state index in [4.69, 9.17) is 21.9 Å². The average molecular weight is 463 g/mol. The number of rotatable bonds is 6. The van der Waals surface area contributed by atoms with E-state index in [2.05, 4.69) is 63.6 Å². The molecule has 33 heavy (non-hydrogen) atoms. The van der Waals surface area contributed by atoms with Gasteiger partial charge < -0.3 is 20.3 Å². The molecule has 0 spiro atoms. The fraction of sp³-hybridized carbons (Fsp3) is 0.440. The average Bonchev–Trinajstić information content (AvgIpc) is 3.27. The third-order valence-corrected chi connectivity index (χ3v) is 7.30. The van der Waals surface area contributed by atoms with Gasteiger partial charge in [-0.3, -0.25) is 4.98 Å². The van der Waals surface area contributed by atoms with Crippen LogP contribution >= 0.6 is 12.2 Å². The van der Waals surface area contributed by atoms with Crippen LogP contribution in [-0.4, -0.2) is 65.3 Å². The second-order valence-corrected chi connectivity index (χ2v) is 9.81. The molecule has 8 heteroatoms. The van der Waals surface area contributed by atoms with E-state index in [0.717, 1.165) is 72.2 Å². The molecular formula is C25H30N6OS. The Morgan fingerprint density at radius 3 is 2.82 bits per heavy atom. The van der Waals surface area contributed by atoms with Crippen molar-refractivity contribution in [1.29, 1.82) is 0 Å². The van der Waals surface area contributed by atoms with Crippen LogP contribution in [0.15, 0.2) is 42.7 Å². The summed E-state index contributed by atoms with van der Waals surface area (Å²) in [6.07, 6.45) is 4.63. The highest BCUT2D eigenvalue weighted by Gasteiger charge is 2.35. The largest absolute Gasteiger partial charge is 0.374 e. The lowest BCUT2D eigenvalue weighted by Gasteiger charge is -2.25. The van der Waals surface area contributed by atoms with E-state index in [-0.39, 0.29) is 11.5 Å². The number of benzene rings is 1. The first-order valence-electron chi connectivity index (χ1n) is 11.6. The van der Waals surface area contributed by atoms with E-state index in [1.54, 1.807) is 12.4 Å². The van der Waals surface area contributed by atoms with E-state index in [1.807, 2.05) is 6.07 Å². The Labute approximate surface area is 200 Å². The van der Waals surface area contributed by atoms with Crippen LogP contribution in [0.4, 0.5) is 11.5 Å². The predicted molar refractivity (Wildman–Crippen MR) is 137 cm³/mol. The zero-order chi connectivity index (χ0) is 22.8. The number of aromatic nitrogens is 3. The summed E-state index contributed by atoms with van der Waals surface area (Å²) in [6.45, 7) is 9.46. The maximum absolute atomic E-state index is 5.82. The number of nitrogens with zero attached hydrogens (tertiary/aromatic N) is 4. The number of nitrogens with one attached hydrogen (secondary N) is 2. The molecule has 2 aliphatic heterocycles. The van der Waals surface area contributed by atoms with Gasteiger partial charge in [0.15, 0.2) is 5.82 Å². The third-order valence-electron chi connectivity index (χ3n) is 6.81. The van der Waals surface area contributed by atoms with Crippen molar-refractivity contribution in [2.45, 2.75) is 26.4 Å². The minimum absolute atomic E-state index is 0.109. The fourth-order valence-corrected chi connectivity index (χ4v) is 4.68. The molecule has 0 aliphatic carbocycles. The number of thiocarbonyl (C=S) groups is 1. The summed E-state index contributed by atoms with van der Waals surface area (Å²) in [4.78, 5) is 17.5. The number of anilines is 2. The van der Waals surface area contributed by atoms with Crippen molar-refractivity contribution in [1.82, 2.24) is 20.3 Å². The van der Waals surface area contributed by atoms with Crippen molar-refractivity contribution in [2.24, 2.45) is 5.41 Å². The molecule has 5 rings (SSSR count). The maximum Gasteiger partial charge on any atom is 0.154 e. The molecule has 0 radical (unpaired) electrons. The number of fused-ring (bicyclic) bond motifs is 1. The van der Waals surface area contributed by atoms with Gasteiger partial charge in [-0.2, -0.15) is 0 Å². The number of morpholine rings is 1. The molecule has 172 valence electrons. The monoisotopic (exact) mass is 462 g/mol. The lowest BCUT2D eigenvalue weighted by Crippen LogP contribution is -2.42. The zero-order valence-corrected chi connectivity index (χ0v) is 20.0. The Hall–Kier alpha value is -2.68. The maximum atomic E-state index is 5.82. The molecule has 2 unspecified atom stereocenters. The van der Waals surface area contributed by atoms with Crippen LogP contribution in [0.25, 0.3) is 22.3 Å². The van der Waals surface area contributed by atoms with Gasteiger partial charge in [0.25, 0.3) is 0 Å². The van der Waals surface area contributed by atoms with Crippen LogP contribution in [-0.2, 0) is 4.74 Å². The first-order chi connectivity index (χ1) is 16.0. The van der Waals surface area contributed by atoms with Gasteiger partial charge in [0, 0.05) is 61.8 Å². The second-order valence-electron chi connectivity index (χ2n) is 9.19. The number of pyridine rings is 1. The third kappa shape index (κ3) is 4.69. The van der Waals surface area contributed by atoms with Gasteiger partial charge in [-0.1, -0.05) is 31.3 Å². The Kier molecular flexibility index (Phi) is 6.23. The molecule has 1 aromatic carbocycles. The summed E-state index contributed by atoms with van der Waals surface area (Å²) >= 11 is 5.51. The Balaban J connectivity index is 1.38. The van der Waals surface area contributed by atoms with Crippen molar-refractivity contribution in [2.75, 3.05) is 49.5 Å². The normalized spacial score (nSPS) is 23.1. The summed E-state index contributed by atoms with van der Waals surface area (Å²) in [7, 11) is 0. The first-order valence-corrected chi connectivity index (χ1v) is 12.0. The highest BCUT2D eigenvalue weighted by molar-refractivity contribution is 7.80. The number of hydrogen-bond acceptors (Lipinski definition) is 8. The molecule has 4 heterocycles. The standard InChI is InChI=1S/C25H30N6OS/c1-17(33)25(2)7-11-31(16-25)19-5-3-18(4-6-19)21-13-22-23(28-9-8-27-22)24(30-21)29-15-20-14-26-10-12-32-20/h3-6,8-9,13,20,26H,7,10-12,14-16H2,1-2H3,(H,29,30). The topological polar surface area (TPSA) is 75.2 Å². The molecule has 7 nitrogen and oxygen atoms in total. The Bertz CT molecular complexity index is 1150. The van der Waals surface area contributed by atoms with Gasteiger partial charge in [-0.25, -0.2) is 9.97 Å². The van der Waals surface area contributed by atoms with Crippen LogP contribution < -0.4 is 15.5 Å². The van der Waals surface area contributed by atoms with Crippen molar-refractivity contribution in [3.8, 4) is 11.3 Å². The van der Waals surface area contributed by atoms with Crippen LogP contribution in [0.5, 0.6) is 0 Å². The summed E-state index contributed by atoms with van der Waals surface area (Å²) in [5.74, 6) is 0.737. The van der Waals surface area contributed by atoms with Gasteiger partial charge >= 0.3 is 0 Å². The van der Waals surface area contributed by atoms with Crippen LogP contribution in [0.1, 0.15) is 20.3 Å². The summed E-state index contributed by atoms with van der Waals surface area (Å²) < 4.78 is 5.82. The number of hydrogen-bond donors (Lipinski definition) is 2. The van der Waals surface area contributed by atoms with E-state index >= 15 is 0 Å². The Morgan fingerprint density at radius 2 is 2.09 bits per heavy atom. The van der Waals surface area contributed by atoms with Crippen molar-refractivity contribution < 1.29 is 4.74 Å². The van der Waals surface area contributed by atoms with Crippen molar-refractivity contribution in [3.63, 3.8) is 0 Å². The lowest BCUT2D eigenvalue weighted by atomic mass is 9.87. The van der Waals surface area contributed by atoms with E-state index in [0.29, 0.717) is 6.54 Å². The van der Waals surface area contributed by atoms with Gasteiger partial charge in [0.05, 0.1) is 23.9 Å². The second kappa shape index (κ2) is 9.29. The van der Waals surface area contributed by atoms with Crippen LogP contribution in [0.2, 0.25) is 0 Å². The summed E-state index contributed by atoms with van der Waals surface area (Å²) in [6, 6.07) is 10.6. The van der Waals surface area contributed by atoms with E-state index < -0.39 is 0 Å². The minimum Gasteiger partial charge on any atom is -0.374 e. The molecule has 2 aromatic heterocycles. The molecule has 0 saturated carbocycles. The molecule has 3 aromatic rings. The predicted octanol–water partition coefficient (Wildman–Crippen LogP) is 3.70. The van der Waals surface area contributed by atoms with Gasteiger partial charge in [-0.05, 0) is 36.4 Å². The van der Waals surface area contributed by atoms with Crippen LogP contribution in [0.3, 0.4) is 0 Å². The van der Waals surface area contributed by atoms with Crippen molar-refractivity contribution in [3.05, 3.63) is 42.7 Å². The summed E-state index contributed by atoms with van der Waals surface area (Å²) in [5.41, 5.74) is 4.86. The molecule has 2 fully saturated rings. The summed E-state index contributed by atoms with van der Waals surface area (Å²) in [5, 5.41) is 6.80. The van der Waals surface area contributed by atoms with Gasteiger partial charge in [-0.15, -0.1) is 0 Å². The van der Waals surface area contributed by atoms with E-state index in [9.17, 15) is 0 Å². The van der Waals surface area contributed by atoms with Crippen LogP contribution in [0, 0.1) is 5.41 Å². The van der Waals surface area contributed by atoms with Gasteiger partial charge in [0.2, 0.25) is 0 Å². The SMILES string of the molecule is CC(=S)C1(C)CCN(c2ccc(-c3cc4nccnc4c(NCC4CNCCO4)n3)cc2)C1. The minimum atomic E-state index is 0.109. The molecular weight excluding hydrogens is 432 g/mol. The van der Waals surface area contributed by atoms with E-state index in [1.165, 1.54) is 5.69 Å². The molecule has 0 amide bonds. The smallest absolute Gasteiger partial charge is 0.154 e. The van der Waals surface area contributed by atoms with Gasteiger partial charge in [0.1, 0.15) is 5.52 Å². The first kappa shape index (κ1) is 22.1. The highest BCUT2D eigenvalue weighted by Crippen LogP contribution is 2.35. The molecule has 2 saturated heterocycles. The molecule has 0 bridgehead atoms. The quantitative estimate of drug-likeness (QED) is 0.537. The zero-order valence-electron chi connectivity index (χ0n) is 19.2. The molecule has 2 N–H and O–H groups in total. The highest BCUT2D eigenvalue weighted by atomic mass is 32.1. The number of ether oxygens (including phenoxy) is 1. The molecule has 2 atom stereocenters. The lowest BCUT2D eigenvalue weighted by molar-refractivity contribution is 0.0372. The Morgan fingerprint density at radius 1 is 1.27 bits per heavy atom. The molecule has 2 aliphatic rings.